The van der Waals surface area contributed by atoms with Gasteiger partial charge in [-0.3, -0.25) is 0 Å². The summed E-state index contributed by atoms with van der Waals surface area (Å²) in [5.41, 5.74) is 2.38. The van der Waals surface area contributed by atoms with E-state index in [-0.39, 0.29) is 6.04 Å². The lowest BCUT2D eigenvalue weighted by Gasteiger charge is -2.14. The maximum absolute atomic E-state index is 6.02. The van der Waals surface area contributed by atoms with Gasteiger partial charge in [-0.2, -0.15) is 0 Å². The summed E-state index contributed by atoms with van der Waals surface area (Å²) < 4.78 is 0. The van der Waals surface area contributed by atoms with Crippen LogP contribution in [0.2, 0.25) is 5.02 Å². The molecule has 1 atom stereocenters. The molecule has 0 aliphatic heterocycles. The second-order valence-corrected chi connectivity index (χ2v) is 3.97. The highest BCUT2D eigenvalue weighted by Gasteiger charge is 2.08. The van der Waals surface area contributed by atoms with Gasteiger partial charge in [0.05, 0.1) is 0 Å². The highest BCUT2D eigenvalue weighted by molar-refractivity contribution is 6.30. The van der Waals surface area contributed by atoms with Crippen LogP contribution in [-0.2, 0) is 0 Å². The molecule has 0 aliphatic rings. The predicted octanol–water partition coefficient (Wildman–Crippen LogP) is 3.32. The average molecular weight is 222 g/mol. The highest BCUT2D eigenvalue weighted by Crippen LogP contribution is 2.21. The summed E-state index contributed by atoms with van der Waals surface area (Å²) >= 11 is 6.02. The van der Waals surface area contributed by atoms with E-state index >= 15 is 0 Å². The third-order valence-corrected chi connectivity index (χ3v) is 2.52. The van der Waals surface area contributed by atoms with Crippen LogP contribution in [0.3, 0.4) is 0 Å². The van der Waals surface area contributed by atoms with Gasteiger partial charge < -0.3 is 5.32 Å². The lowest BCUT2D eigenvalue weighted by Crippen LogP contribution is -2.15. The van der Waals surface area contributed by atoms with Gasteiger partial charge in [0.1, 0.15) is 0 Å². The Kier molecular flexibility index (Phi) is 4.68. The number of hydrogen-bond acceptors (Lipinski definition) is 1. The van der Waals surface area contributed by atoms with Crippen molar-refractivity contribution in [2.75, 3.05) is 7.05 Å². The summed E-state index contributed by atoms with van der Waals surface area (Å²) in [6.45, 7) is 3.91. The highest BCUT2D eigenvalue weighted by atomic mass is 35.5. The van der Waals surface area contributed by atoms with E-state index in [9.17, 15) is 0 Å². The van der Waals surface area contributed by atoms with E-state index in [1.54, 1.807) is 0 Å². The van der Waals surface area contributed by atoms with Gasteiger partial charge in [0.2, 0.25) is 0 Å². The van der Waals surface area contributed by atoms with Gasteiger partial charge >= 0.3 is 0 Å². The van der Waals surface area contributed by atoms with E-state index < -0.39 is 0 Å². The summed E-state index contributed by atoms with van der Waals surface area (Å²) in [7, 11) is 1.94. The van der Waals surface area contributed by atoms with Crippen LogP contribution >= 0.6 is 11.6 Å². The van der Waals surface area contributed by atoms with Crippen LogP contribution in [0.4, 0.5) is 0 Å². The van der Waals surface area contributed by atoms with E-state index in [2.05, 4.69) is 23.2 Å². The average Bonchev–Trinajstić information content (AvgIpc) is 2.17. The Bertz CT molecular complexity index is 367. The summed E-state index contributed by atoms with van der Waals surface area (Å²) in [5, 5.41) is 4.03. The lowest BCUT2D eigenvalue weighted by atomic mass is 10.0. The summed E-state index contributed by atoms with van der Waals surface area (Å²) in [4.78, 5) is 0. The van der Waals surface area contributed by atoms with E-state index in [1.165, 1.54) is 11.1 Å². The summed E-state index contributed by atoms with van der Waals surface area (Å²) in [6, 6.07) is 6.36. The van der Waals surface area contributed by atoms with Crippen LogP contribution in [0.25, 0.3) is 0 Å². The molecule has 1 nitrogen and oxygen atoms in total. The molecule has 0 saturated carbocycles. The Hall–Kier alpha value is -0.970. The number of halogens is 1. The first-order valence-electron chi connectivity index (χ1n) is 5.01. The zero-order valence-corrected chi connectivity index (χ0v) is 10.2. The smallest absolute Gasteiger partial charge is 0.0429 e. The Morgan fingerprint density at radius 3 is 2.67 bits per heavy atom. The predicted molar refractivity (Wildman–Crippen MR) is 66.1 cm³/mol. The van der Waals surface area contributed by atoms with Gasteiger partial charge in [-0.25, -0.2) is 0 Å². The topological polar surface area (TPSA) is 12.0 Å². The Morgan fingerprint density at radius 1 is 1.40 bits per heavy atom. The summed E-state index contributed by atoms with van der Waals surface area (Å²) in [5.74, 6) is 5.99. The molecule has 2 heteroatoms. The molecule has 0 spiro atoms. The minimum absolute atomic E-state index is 0.259. The maximum atomic E-state index is 6.02. The van der Waals surface area contributed by atoms with Crippen molar-refractivity contribution in [1.82, 2.24) is 5.32 Å². The van der Waals surface area contributed by atoms with Crippen molar-refractivity contribution in [1.29, 1.82) is 0 Å². The van der Waals surface area contributed by atoms with Gasteiger partial charge in [-0.15, -0.1) is 11.8 Å². The molecule has 1 aromatic carbocycles. The van der Waals surface area contributed by atoms with Crippen molar-refractivity contribution in [2.24, 2.45) is 0 Å². The van der Waals surface area contributed by atoms with Crippen LogP contribution in [0.5, 0.6) is 0 Å². The van der Waals surface area contributed by atoms with E-state index in [1.807, 2.05) is 33.0 Å². The molecule has 0 aromatic heterocycles. The molecule has 0 heterocycles. The molecule has 1 unspecified atom stereocenters. The normalized spacial score (nSPS) is 11.7. The van der Waals surface area contributed by atoms with Crippen LogP contribution in [0.15, 0.2) is 18.2 Å². The molecule has 0 amide bonds. The molecule has 0 fully saturated rings. The van der Waals surface area contributed by atoms with Crippen molar-refractivity contribution in [3.63, 3.8) is 0 Å². The second kappa shape index (κ2) is 5.80. The number of aryl methyl sites for hydroxylation is 1. The number of hydrogen-bond donors (Lipinski definition) is 1. The zero-order valence-electron chi connectivity index (χ0n) is 9.39. The molecule has 80 valence electrons. The van der Waals surface area contributed by atoms with Gasteiger partial charge in [0, 0.05) is 17.5 Å². The standard InChI is InChI=1S/C13H16ClN/c1-4-5-6-13(15-3)11-7-10(2)8-12(14)9-11/h7-9,13,15H,6H2,1-3H3. The van der Waals surface area contributed by atoms with Crippen molar-refractivity contribution < 1.29 is 0 Å². The van der Waals surface area contributed by atoms with E-state index in [0.717, 1.165) is 11.4 Å². The van der Waals surface area contributed by atoms with Gasteiger partial charge in [-0.1, -0.05) is 17.7 Å². The lowest BCUT2D eigenvalue weighted by molar-refractivity contribution is 0.611. The van der Waals surface area contributed by atoms with Crippen molar-refractivity contribution >= 4 is 11.6 Å². The monoisotopic (exact) mass is 221 g/mol. The summed E-state index contributed by atoms with van der Waals surface area (Å²) in [6.07, 6.45) is 0.812. The zero-order chi connectivity index (χ0) is 11.3. The Labute approximate surface area is 96.8 Å². The van der Waals surface area contributed by atoms with Crippen LogP contribution in [-0.4, -0.2) is 7.05 Å². The minimum Gasteiger partial charge on any atom is -0.312 e. The molecule has 1 aromatic rings. The number of benzene rings is 1. The molecule has 15 heavy (non-hydrogen) atoms. The molecule has 0 aliphatic carbocycles. The minimum atomic E-state index is 0.259. The van der Waals surface area contributed by atoms with E-state index in [4.69, 9.17) is 11.6 Å². The van der Waals surface area contributed by atoms with Crippen molar-refractivity contribution in [3.8, 4) is 11.8 Å². The second-order valence-electron chi connectivity index (χ2n) is 3.53. The van der Waals surface area contributed by atoms with E-state index in [0.29, 0.717) is 0 Å². The molecule has 0 saturated heterocycles. The van der Waals surface area contributed by atoms with Crippen LogP contribution in [0.1, 0.15) is 30.5 Å². The molecule has 1 rings (SSSR count). The first-order chi connectivity index (χ1) is 7.17. The molecule has 0 bridgehead atoms. The van der Waals surface area contributed by atoms with Crippen molar-refractivity contribution in [2.45, 2.75) is 26.3 Å². The first kappa shape index (κ1) is 12.1. The number of rotatable bonds is 3. The third kappa shape index (κ3) is 3.58. The van der Waals surface area contributed by atoms with Crippen LogP contribution in [0, 0.1) is 18.8 Å². The molecule has 0 radical (unpaired) electrons. The van der Waals surface area contributed by atoms with Crippen LogP contribution < -0.4 is 5.32 Å². The van der Waals surface area contributed by atoms with Crippen molar-refractivity contribution in [3.05, 3.63) is 34.3 Å². The molecular formula is C13H16ClN. The molecule has 1 N–H and O–H groups in total. The fraction of sp³-hybridized carbons (Fsp3) is 0.385. The number of nitrogens with one attached hydrogen (secondary N) is 1. The quantitative estimate of drug-likeness (QED) is 0.773. The molecular weight excluding hydrogens is 206 g/mol. The fourth-order valence-electron chi connectivity index (χ4n) is 1.56. The van der Waals surface area contributed by atoms with Gasteiger partial charge in [0.15, 0.2) is 0 Å². The van der Waals surface area contributed by atoms with Gasteiger partial charge in [0.25, 0.3) is 0 Å². The largest absolute Gasteiger partial charge is 0.312 e. The SMILES string of the molecule is CC#CCC(NC)c1cc(C)cc(Cl)c1. The Balaban J connectivity index is 2.93. The fourth-order valence-corrected chi connectivity index (χ4v) is 1.85. The third-order valence-electron chi connectivity index (χ3n) is 2.30. The maximum Gasteiger partial charge on any atom is 0.0429 e. The van der Waals surface area contributed by atoms with Gasteiger partial charge in [-0.05, 0) is 44.2 Å². The first-order valence-corrected chi connectivity index (χ1v) is 5.39. The Morgan fingerprint density at radius 2 is 2.13 bits per heavy atom.